The predicted molar refractivity (Wildman–Crippen MR) is 138 cm³/mol. The second-order valence-corrected chi connectivity index (χ2v) is 8.27. The van der Waals surface area contributed by atoms with Crippen LogP contribution in [-0.2, 0) is 13.0 Å². The highest BCUT2D eigenvalue weighted by Gasteiger charge is 2.17. The number of fused-ring (bicyclic) bond motifs is 1. The Labute approximate surface area is 204 Å². The number of hydrogen-bond acceptors (Lipinski definition) is 5. The molecule has 0 saturated carbocycles. The van der Waals surface area contributed by atoms with Crippen molar-refractivity contribution in [3.63, 3.8) is 0 Å². The number of furan rings is 1. The highest BCUT2D eigenvalue weighted by molar-refractivity contribution is 7.80. The molecule has 2 heterocycles. The Morgan fingerprint density at radius 1 is 1.03 bits per heavy atom. The van der Waals surface area contributed by atoms with Crippen LogP contribution in [0, 0.1) is 6.92 Å². The van der Waals surface area contributed by atoms with Gasteiger partial charge >= 0.3 is 0 Å². The molecule has 2 aromatic heterocycles. The molecule has 8 heteroatoms. The van der Waals surface area contributed by atoms with Gasteiger partial charge in [-0.3, -0.25) is 0 Å². The lowest BCUT2D eigenvalue weighted by atomic mass is 10.1. The fourth-order valence-corrected chi connectivity index (χ4v) is 4.27. The molecule has 0 atom stereocenters. The van der Waals surface area contributed by atoms with E-state index >= 15 is 0 Å². The number of thiocarbonyl (C=S) groups is 1. The van der Waals surface area contributed by atoms with Crippen molar-refractivity contribution in [2.45, 2.75) is 19.9 Å². The van der Waals surface area contributed by atoms with Gasteiger partial charge in [-0.15, -0.1) is 0 Å². The number of nitrogens with zero attached hydrogens (tertiary/aromatic N) is 1. The van der Waals surface area contributed by atoms with Crippen molar-refractivity contribution in [2.75, 3.05) is 33.2 Å². The van der Waals surface area contributed by atoms with Gasteiger partial charge in [0.2, 0.25) is 0 Å². The summed E-state index contributed by atoms with van der Waals surface area (Å²) in [5.74, 6) is 3.06. The molecular weight excluding hydrogens is 450 g/mol. The number of aromatic amines is 1. The van der Waals surface area contributed by atoms with E-state index in [-0.39, 0.29) is 0 Å². The Kier molecular flexibility index (Phi) is 7.27. The van der Waals surface area contributed by atoms with Gasteiger partial charge in [0.05, 0.1) is 39.8 Å². The smallest absolute Gasteiger partial charge is 0.173 e. The molecule has 0 unspecified atom stereocenters. The summed E-state index contributed by atoms with van der Waals surface area (Å²) in [5.41, 5.74) is 4.20. The number of methoxy groups -OCH3 is 3. The summed E-state index contributed by atoms with van der Waals surface area (Å²) >= 11 is 5.83. The van der Waals surface area contributed by atoms with Crippen LogP contribution < -0.4 is 19.5 Å². The van der Waals surface area contributed by atoms with Crippen molar-refractivity contribution in [2.24, 2.45) is 0 Å². The third-order valence-corrected chi connectivity index (χ3v) is 6.18. The zero-order chi connectivity index (χ0) is 24.1. The van der Waals surface area contributed by atoms with E-state index in [0.717, 1.165) is 40.2 Å². The molecule has 0 fully saturated rings. The molecule has 7 nitrogen and oxygen atoms in total. The first-order valence-electron chi connectivity index (χ1n) is 11.0. The van der Waals surface area contributed by atoms with E-state index in [4.69, 9.17) is 30.8 Å². The highest BCUT2D eigenvalue weighted by atomic mass is 32.1. The SMILES string of the molecule is COc1ccc(OC)c(NC(=S)N(CCc2c(C)[nH]c3ccc(OC)cc23)Cc2ccco2)c1. The van der Waals surface area contributed by atoms with E-state index in [2.05, 4.69) is 28.2 Å². The van der Waals surface area contributed by atoms with Crippen LogP contribution in [0.5, 0.6) is 17.2 Å². The van der Waals surface area contributed by atoms with Gasteiger partial charge in [-0.25, -0.2) is 0 Å². The molecular formula is C26H29N3O4S. The highest BCUT2D eigenvalue weighted by Crippen LogP contribution is 2.30. The number of benzene rings is 2. The van der Waals surface area contributed by atoms with E-state index in [1.54, 1.807) is 27.6 Å². The van der Waals surface area contributed by atoms with Crippen LogP contribution in [-0.4, -0.2) is 42.9 Å². The fraction of sp³-hybridized carbons (Fsp3) is 0.269. The molecule has 0 aliphatic heterocycles. The summed E-state index contributed by atoms with van der Waals surface area (Å²) in [6.45, 7) is 3.32. The molecule has 34 heavy (non-hydrogen) atoms. The monoisotopic (exact) mass is 479 g/mol. The van der Waals surface area contributed by atoms with Crippen LogP contribution >= 0.6 is 12.2 Å². The Morgan fingerprint density at radius 3 is 2.50 bits per heavy atom. The maximum Gasteiger partial charge on any atom is 0.173 e. The number of anilines is 1. The van der Waals surface area contributed by atoms with Crippen molar-refractivity contribution in [3.8, 4) is 17.2 Å². The maximum atomic E-state index is 5.83. The van der Waals surface area contributed by atoms with Crippen LogP contribution in [0.4, 0.5) is 5.69 Å². The number of hydrogen-bond donors (Lipinski definition) is 2. The molecule has 0 amide bonds. The third-order valence-electron chi connectivity index (χ3n) is 5.82. The summed E-state index contributed by atoms with van der Waals surface area (Å²) in [6.07, 6.45) is 2.46. The van der Waals surface area contributed by atoms with E-state index in [1.165, 1.54) is 5.56 Å². The van der Waals surface area contributed by atoms with Gasteiger partial charge in [-0.05, 0) is 73.6 Å². The molecule has 0 saturated heterocycles. The first-order chi connectivity index (χ1) is 16.5. The molecule has 2 N–H and O–H groups in total. The molecule has 2 aromatic carbocycles. The number of aromatic nitrogens is 1. The van der Waals surface area contributed by atoms with Crippen LogP contribution in [0.1, 0.15) is 17.0 Å². The largest absolute Gasteiger partial charge is 0.497 e. The molecule has 0 aliphatic rings. The zero-order valence-corrected chi connectivity index (χ0v) is 20.6. The number of nitrogens with one attached hydrogen (secondary N) is 2. The normalized spacial score (nSPS) is 10.8. The summed E-state index contributed by atoms with van der Waals surface area (Å²) in [5, 5.41) is 5.06. The van der Waals surface area contributed by atoms with E-state index in [9.17, 15) is 0 Å². The third kappa shape index (κ3) is 5.12. The fourth-order valence-electron chi connectivity index (χ4n) is 4.01. The van der Waals surface area contributed by atoms with Crippen molar-refractivity contribution < 1.29 is 18.6 Å². The van der Waals surface area contributed by atoms with E-state index in [0.29, 0.717) is 29.7 Å². The molecule has 4 aromatic rings. The summed E-state index contributed by atoms with van der Waals surface area (Å²) < 4.78 is 21.9. The van der Waals surface area contributed by atoms with Crippen LogP contribution in [0.3, 0.4) is 0 Å². The second-order valence-electron chi connectivity index (χ2n) is 7.89. The molecule has 0 radical (unpaired) electrons. The van der Waals surface area contributed by atoms with Gasteiger partial charge in [0.1, 0.15) is 23.0 Å². The van der Waals surface area contributed by atoms with Crippen LogP contribution in [0.25, 0.3) is 10.9 Å². The van der Waals surface area contributed by atoms with Gasteiger partial charge in [0.25, 0.3) is 0 Å². The molecule has 0 spiro atoms. The van der Waals surface area contributed by atoms with Crippen molar-refractivity contribution in [1.82, 2.24) is 9.88 Å². The average Bonchev–Trinajstić information content (AvgIpc) is 3.48. The lowest BCUT2D eigenvalue weighted by Crippen LogP contribution is -2.36. The minimum Gasteiger partial charge on any atom is -0.497 e. The average molecular weight is 480 g/mol. The first kappa shape index (κ1) is 23.5. The van der Waals surface area contributed by atoms with Gasteiger partial charge in [0.15, 0.2) is 5.11 Å². The Morgan fingerprint density at radius 2 is 1.79 bits per heavy atom. The van der Waals surface area contributed by atoms with Gasteiger partial charge in [-0.2, -0.15) is 0 Å². The first-order valence-corrected chi connectivity index (χ1v) is 11.4. The summed E-state index contributed by atoms with van der Waals surface area (Å²) in [7, 11) is 4.94. The van der Waals surface area contributed by atoms with Crippen molar-refractivity contribution in [1.29, 1.82) is 0 Å². The van der Waals surface area contributed by atoms with Gasteiger partial charge in [0, 0.05) is 29.2 Å². The number of aryl methyl sites for hydroxylation is 1. The predicted octanol–water partition coefficient (Wildman–Crippen LogP) is 5.54. The van der Waals surface area contributed by atoms with Gasteiger partial charge < -0.3 is 33.8 Å². The summed E-state index contributed by atoms with van der Waals surface area (Å²) in [4.78, 5) is 5.56. The van der Waals surface area contributed by atoms with Gasteiger partial charge in [-0.1, -0.05) is 0 Å². The Balaban J connectivity index is 1.58. The molecule has 178 valence electrons. The van der Waals surface area contributed by atoms with Crippen LogP contribution in [0.2, 0.25) is 0 Å². The minimum absolute atomic E-state index is 0.538. The van der Waals surface area contributed by atoms with Crippen molar-refractivity contribution in [3.05, 3.63) is 71.8 Å². The van der Waals surface area contributed by atoms with E-state index in [1.807, 2.05) is 42.5 Å². The van der Waals surface area contributed by atoms with Crippen LogP contribution in [0.15, 0.2) is 59.2 Å². The zero-order valence-electron chi connectivity index (χ0n) is 19.8. The number of rotatable bonds is 9. The standard InChI is InChI=1S/C26H29N3O4S/c1-17-21(22-14-18(30-2)7-9-23(22)27-17)11-12-29(16-20-6-5-13-33-20)26(34)28-24-15-19(31-3)8-10-25(24)32-4/h5-10,13-15,27H,11-12,16H2,1-4H3,(H,28,34). The topological polar surface area (TPSA) is 71.9 Å². The maximum absolute atomic E-state index is 5.83. The quantitative estimate of drug-likeness (QED) is 0.306. The Hall–Kier alpha value is -3.65. The molecule has 4 rings (SSSR count). The molecule has 0 bridgehead atoms. The minimum atomic E-state index is 0.538. The van der Waals surface area contributed by atoms with Crippen molar-refractivity contribution >= 4 is 33.9 Å². The lowest BCUT2D eigenvalue weighted by Gasteiger charge is -2.26. The van der Waals surface area contributed by atoms with E-state index < -0.39 is 0 Å². The number of ether oxygens (including phenoxy) is 3. The second kappa shape index (κ2) is 10.5. The Bertz CT molecular complexity index is 1270. The summed E-state index contributed by atoms with van der Waals surface area (Å²) in [6, 6.07) is 15.5. The lowest BCUT2D eigenvalue weighted by molar-refractivity contribution is 0.368. The number of H-pyrrole nitrogens is 1. The molecule has 0 aliphatic carbocycles.